The Kier molecular flexibility index (Phi) is 4.28. The van der Waals surface area contributed by atoms with Crippen LogP contribution in [0.4, 0.5) is 0 Å². The molecule has 1 aliphatic heterocycles. The highest BCUT2D eigenvalue weighted by atomic mass is 16.5. The predicted octanol–water partition coefficient (Wildman–Crippen LogP) is 2.88. The van der Waals surface area contributed by atoms with Crippen LogP contribution >= 0.6 is 0 Å². The maximum absolute atomic E-state index is 12.3. The second kappa shape index (κ2) is 6.52. The van der Waals surface area contributed by atoms with Crippen LogP contribution in [0.2, 0.25) is 0 Å². The second-order valence-corrected chi connectivity index (χ2v) is 5.32. The van der Waals surface area contributed by atoms with Gasteiger partial charge in [0.25, 0.3) is 0 Å². The maximum Gasteiger partial charge on any atom is 0.224 e. The third-order valence-corrected chi connectivity index (χ3v) is 3.82. The summed E-state index contributed by atoms with van der Waals surface area (Å²) in [7, 11) is 1.63. The summed E-state index contributed by atoms with van der Waals surface area (Å²) in [6.07, 6.45) is 1.16. The van der Waals surface area contributed by atoms with Gasteiger partial charge in [0.2, 0.25) is 5.91 Å². The quantitative estimate of drug-likeness (QED) is 0.944. The Bertz CT molecular complexity index is 652. The molecule has 0 radical (unpaired) electrons. The lowest BCUT2D eigenvalue weighted by Gasteiger charge is -2.26. The van der Waals surface area contributed by atoms with Crippen molar-refractivity contribution in [3.05, 3.63) is 59.7 Å². The third kappa shape index (κ3) is 3.22. The number of hydrogen-bond donors (Lipinski definition) is 1. The van der Waals surface area contributed by atoms with Crippen molar-refractivity contribution < 1.29 is 14.3 Å². The van der Waals surface area contributed by atoms with Crippen molar-refractivity contribution in [2.75, 3.05) is 13.7 Å². The molecule has 2 aromatic rings. The van der Waals surface area contributed by atoms with Crippen molar-refractivity contribution in [3.63, 3.8) is 0 Å². The van der Waals surface area contributed by atoms with Gasteiger partial charge in [-0.3, -0.25) is 4.79 Å². The Morgan fingerprint density at radius 3 is 2.77 bits per heavy atom. The monoisotopic (exact) mass is 297 g/mol. The second-order valence-electron chi connectivity index (χ2n) is 5.32. The van der Waals surface area contributed by atoms with Crippen molar-refractivity contribution >= 4 is 5.91 Å². The van der Waals surface area contributed by atoms with Crippen LogP contribution in [-0.4, -0.2) is 19.6 Å². The highest BCUT2D eigenvalue weighted by Gasteiger charge is 2.22. The van der Waals surface area contributed by atoms with Gasteiger partial charge in [-0.05, 0) is 23.8 Å². The molecule has 0 aliphatic carbocycles. The van der Waals surface area contributed by atoms with Crippen LogP contribution in [0.5, 0.6) is 11.5 Å². The SMILES string of the molecule is COc1ccc(CC(=O)N[C@@H]2CCOc3ccccc32)cc1. The molecule has 1 amide bonds. The molecule has 1 N–H and O–H groups in total. The van der Waals surface area contributed by atoms with E-state index < -0.39 is 0 Å². The minimum absolute atomic E-state index is 0.0202. The topological polar surface area (TPSA) is 47.6 Å². The highest BCUT2D eigenvalue weighted by molar-refractivity contribution is 5.79. The summed E-state index contributed by atoms with van der Waals surface area (Å²) in [5.74, 6) is 1.68. The zero-order valence-corrected chi connectivity index (χ0v) is 12.5. The first-order valence-electron chi connectivity index (χ1n) is 7.40. The first-order valence-corrected chi connectivity index (χ1v) is 7.40. The van der Waals surface area contributed by atoms with Crippen LogP contribution in [-0.2, 0) is 11.2 Å². The number of methoxy groups -OCH3 is 1. The van der Waals surface area contributed by atoms with E-state index in [2.05, 4.69) is 5.32 Å². The molecule has 2 aromatic carbocycles. The Hall–Kier alpha value is -2.49. The molecule has 22 heavy (non-hydrogen) atoms. The van der Waals surface area contributed by atoms with Crippen LogP contribution < -0.4 is 14.8 Å². The maximum atomic E-state index is 12.3. The predicted molar refractivity (Wildman–Crippen MR) is 84.1 cm³/mol. The van der Waals surface area contributed by atoms with E-state index in [1.54, 1.807) is 7.11 Å². The van der Waals surface area contributed by atoms with Gasteiger partial charge in [-0.2, -0.15) is 0 Å². The summed E-state index contributed by atoms with van der Waals surface area (Å²) in [5, 5.41) is 3.10. The van der Waals surface area contributed by atoms with E-state index in [0.717, 1.165) is 29.0 Å². The molecule has 0 aromatic heterocycles. The molecule has 1 heterocycles. The highest BCUT2D eigenvalue weighted by Crippen LogP contribution is 2.31. The van der Waals surface area contributed by atoms with E-state index in [0.29, 0.717) is 13.0 Å². The zero-order chi connectivity index (χ0) is 15.4. The van der Waals surface area contributed by atoms with Gasteiger partial charge in [-0.15, -0.1) is 0 Å². The summed E-state index contributed by atoms with van der Waals surface area (Å²) in [4.78, 5) is 12.3. The van der Waals surface area contributed by atoms with Crippen LogP contribution in [0, 0.1) is 0 Å². The van der Waals surface area contributed by atoms with Crippen molar-refractivity contribution in [1.82, 2.24) is 5.32 Å². The van der Waals surface area contributed by atoms with Crippen LogP contribution in [0.25, 0.3) is 0 Å². The summed E-state index contributed by atoms with van der Waals surface area (Å²) in [6, 6.07) is 15.4. The van der Waals surface area contributed by atoms with Gasteiger partial charge >= 0.3 is 0 Å². The molecular weight excluding hydrogens is 278 g/mol. The first-order chi connectivity index (χ1) is 10.8. The lowest BCUT2D eigenvalue weighted by atomic mass is 10.00. The molecule has 3 rings (SSSR count). The normalized spacial score (nSPS) is 16.3. The molecule has 1 atom stereocenters. The number of para-hydroxylation sites is 1. The molecule has 114 valence electrons. The zero-order valence-electron chi connectivity index (χ0n) is 12.5. The fourth-order valence-corrected chi connectivity index (χ4v) is 2.67. The first kappa shape index (κ1) is 14.4. The van der Waals surface area contributed by atoms with Gasteiger partial charge in [0.15, 0.2) is 0 Å². The molecule has 0 saturated carbocycles. The number of nitrogens with one attached hydrogen (secondary N) is 1. The van der Waals surface area contributed by atoms with Crippen molar-refractivity contribution in [2.45, 2.75) is 18.9 Å². The van der Waals surface area contributed by atoms with E-state index >= 15 is 0 Å². The number of ether oxygens (including phenoxy) is 2. The van der Waals surface area contributed by atoms with Crippen LogP contribution in [0.3, 0.4) is 0 Å². The molecule has 0 bridgehead atoms. The molecule has 0 saturated heterocycles. The summed E-state index contributed by atoms with van der Waals surface area (Å²) < 4.78 is 10.7. The summed E-state index contributed by atoms with van der Waals surface area (Å²) >= 11 is 0. The van der Waals surface area contributed by atoms with E-state index in [1.807, 2.05) is 48.5 Å². The van der Waals surface area contributed by atoms with Crippen molar-refractivity contribution in [3.8, 4) is 11.5 Å². The van der Waals surface area contributed by atoms with Gasteiger partial charge in [0, 0.05) is 12.0 Å². The van der Waals surface area contributed by atoms with Gasteiger partial charge in [0.05, 0.1) is 26.2 Å². The van der Waals surface area contributed by atoms with Crippen LogP contribution in [0.1, 0.15) is 23.6 Å². The molecular formula is C18H19NO3. The molecule has 1 aliphatic rings. The van der Waals surface area contributed by atoms with Gasteiger partial charge in [-0.25, -0.2) is 0 Å². The average Bonchev–Trinajstić information content (AvgIpc) is 2.56. The number of hydrogen-bond acceptors (Lipinski definition) is 3. The Morgan fingerprint density at radius 1 is 1.23 bits per heavy atom. The van der Waals surface area contributed by atoms with Crippen LogP contribution in [0.15, 0.2) is 48.5 Å². The Morgan fingerprint density at radius 2 is 2.00 bits per heavy atom. The molecule has 0 unspecified atom stereocenters. The molecule has 4 nitrogen and oxygen atoms in total. The molecule has 0 spiro atoms. The van der Waals surface area contributed by atoms with Crippen molar-refractivity contribution in [1.29, 1.82) is 0 Å². The van der Waals surface area contributed by atoms with E-state index in [4.69, 9.17) is 9.47 Å². The summed E-state index contributed by atoms with van der Waals surface area (Å²) in [5.41, 5.74) is 2.02. The number of carbonyl (C=O) groups is 1. The largest absolute Gasteiger partial charge is 0.497 e. The Labute approximate surface area is 130 Å². The van der Waals surface area contributed by atoms with Crippen molar-refractivity contribution in [2.24, 2.45) is 0 Å². The number of rotatable bonds is 4. The number of fused-ring (bicyclic) bond motifs is 1. The summed E-state index contributed by atoms with van der Waals surface area (Å²) in [6.45, 7) is 0.629. The third-order valence-electron chi connectivity index (χ3n) is 3.82. The van der Waals surface area contributed by atoms with Gasteiger partial charge in [0.1, 0.15) is 11.5 Å². The fraction of sp³-hybridized carbons (Fsp3) is 0.278. The van der Waals surface area contributed by atoms with E-state index in [1.165, 1.54) is 0 Å². The molecule has 0 fully saturated rings. The minimum Gasteiger partial charge on any atom is -0.497 e. The standard InChI is InChI=1S/C18H19NO3/c1-21-14-8-6-13(7-9-14)12-18(20)19-16-10-11-22-17-5-3-2-4-15(16)17/h2-9,16H,10-12H2,1H3,(H,19,20)/t16-/m1/s1. The number of benzene rings is 2. The average molecular weight is 297 g/mol. The van der Waals surface area contributed by atoms with Gasteiger partial charge in [-0.1, -0.05) is 30.3 Å². The molecule has 4 heteroatoms. The minimum atomic E-state index is 0.0202. The van der Waals surface area contributed by atoms with Gasteiger partial charge < -0.3 is 14.8 Å². The lowest BCUT2D eigenvalue weighted by molar-refractivity contribution is -0.121. The number of amides is 1. The number of carbonyl (C=O) groups excluding carboxylic acids is 1. The van der Waals surface area contributed by atoms with E-state index in [-0.39, 0.29) is 11.9 Å². The van der Waals surface area contributed by atoms with E-state index in [9.17, 15) is 4.79 Å². The fourth-order valence-electron chi connectivity index (χ4n) is 2.67. The lowest BCUT2D eigenvalue weighted by Crippen LogP contribution is -2.33. The smallest absolute Gasteiger partial charge is 0.224 e. The Balaban J connectivity index is 1.65.